The van der Waals surface area contributed by atoms with Crippen LogP contribution in [-0.4, -0.2) is 31.6 Å². The highest BCUT2D eigenvalue weighted by atomic mass is 35.5. The fourth-order valence-corrected chi connectivity index (χ4v) is 5.31. The van der Waals surface area contributed by atoms with E-state index < -0.39 is 21.3 Å². The maximum Gasteiger partial charge on any atom is 0.339 e. The van der Waals surface area contributed by atoms with E-state index in [4.69, 9.17) is 20.5 Å². The lowest BCUT2D eigenvalue weighted by atomic mass is 10.1. The molecular formula is C25H20ClNO6S2. The van der Waals surface area contributed by atoms with E-state index in [2.05, 4.69) is 0 Å². The Morgan fingerprint density at radius 1 is 1.00 bits per heavy atom. The van der Waals surface area contributed by atoms with Crippen LogP contribution < -0.4 is 8.92 Å². The average Bonchev–Trinajstić information content (AvgIpc) is 3.06. The van der Waals surface area contributed by atoms with Gasteiger partial charge in [-0.1, -0.05) is 47.5 Å². The second kappa shape index (κ2) is 10.2. The Kier molecular flexibility index (Phi) is 7.20. The predicted molar refractivity (Wildman–Crippen MR) is 135 cm³/mol. The molecule has 3 aromatic carbocycles. The molecule has 35 heavy (non-hydrogen) atoms. The number of imide groups is 1. The van der Waals surface area contributed by atoms with E-state index >= 15 is 0 Å². The fraction of sp³-hybridized carbons (Fsp3) is 0.120. The van der Waals surface area contributed by atoms with Crippen molar-refractivity contribution in [1.29, 1.82) is 0 Å². The number of amides is 2. The van der Waals surface area contributed by atoms with Gasteiger partial charge >= 0.3 is 10.1 Å². The van der Waals surface area contributed by atoms with Crippen LogP contribution >= 0.6 is 23.4 Å². The van der Waals surface area contributed by atoms with E-state index in [1.165, 1.54) is 37.5 Å². The topological polar surface area (TPSA) is 90.0 Å². The summed E-state index contributed by atoms with van der Waals surface area (Å²) in [5.74, 6) is -0.294. The molecule has 0 spiro atoms. The van der Waals surface area contributed by atoms with Gasteiger partial charge in [-0.3, -0.25) is 14.5 Å². The molecular weight excluding hydrogens is 510 g/mol. The molecule has 7 nitrogen and oxygen atoms in total. The Labute approximate surface area is 212 Å². The largest absolute Gasteiger partial charge is 0.493 e. The minimum absolute atomic E-state index is 0.00214. The second-order valence-electron chi connectivity index (χ2n) is 7.66. The number of aryl methyl sites for hydroxylation is 1. The van der Waals surface area contributed by atoms with Crippen LogP contribution in [0.3, 0.4) is 0 Å². The smallest absolute Gasteiger partial charge is 0.339 e. The molecule has 0 saturated carbocycles. The van der Waals surface area contributed by atoms with Gasteiger partial charge in [-0.2, -0.15) is 8.42 Å². The molecule has 10 heteroatoms. The van der Waals surface area contributed by atoms with Gasteiger partial charge < -0.3 is 8.92 Å². The van der Waals surface area contributed by atoms with Crippen molar-refractivity contribution in [3.63, 3.8) is 0 Å². The first-order chi connectivity index (χ1) is 16.7. The number of carbonyl (C=O) groups is 2. The summed E-state index contributed by atoms with van der Waals surface area (Å²) >= 11 is 6.80. The number of nitrogens with zero attached hydrogens (tertiary/aromatic N) is 1. The maximum absolute atomic E-state index is 12.9. The number of ether oxygens (including phenoxy) is 1. The highest BCUT2D eigenvalue weighted by Gasteiger charge is 2.35. The Balaban J connectivity index is 1.59. The first-order valence-electron chi connectivity index (χ1n) is 10.4. The maximum atomic E-state index is 12.9. The van der Waals surface area contributed by atoms with Crippen molar-refractivity contribution < 1.29 is 26.9 Å². The summed E-state index contributed by atoms with van der Waals surface area (Å²) in [5, 5.41) is 0.101. The molecule has 180 valence electrons. The van der Waals surface area contributed by atoms with Crippen molar-refractivity contribution in [2.45, 2.75) is 18.4 Å². The number of hydrogen-bond donors (Lipinski definition) is 0. The lowest BCUT2D eigenvalue weighted by molar-refractivity contribution is -0.123. The van der Waals surface area contributed by atoms with Crippen molar-refractivity contribution in [2.75, 3.05) is 7.11 Å². The lowest BCUT2D eigenvalue weighted by Gasteiger charge is -2.13. The molecule has 0 atom stereocenters. The number of methoxy groups -OCH3 is 1. The zero-order valence-corrected chi connectivity index (χ0v) is 21.1. The van der Waals surface area contributed by atoms with E-state index in [-0.39, 0.29) is 27.8 Å². The number of benzene rings is 3. The van der Waals surface area contributed by atoms with Gasteiger partial charge in [0.25, 0.3) is 11.1 Å². The number of carbonyl (C=O) groups excluding carboxylic acids is 2. The number of thioether (sulfide) groups is 1. The van der Waals surface area contributed by atoms with Crippen LogP contribution in [0.4, 0.5) is 4.79 Å². The van der Waals surface area contributed by atoms with Gasteiger partial charge in [0.2, 0.25) is 0 Å². The molecule has 0 unspecified atom stereocenters. The van der Waals surface area contributed by atoms with Crippen LogP contribution in [0.15, 0.2) is 76.5 Å². The van der Waals surface area contributed by atoms with Crippen LogP contribution in [0, 0.1) is 6.92 Å². The summed E-state index contributed by atoms with van der Waals surface area (Å²) in [7, 11) is -2.73. The number of hydrogen-bond acceptors (Lipinski definition) is 7. The molecule has 1 saturated heterocycles. The highest BCUT2D eigenvalue weighted by Crippen LogP contribution is 2.36. The third kappa shape index (κ3) is 5.70. The van der Waals surface area contributed by atoms with Crippen LogP contribution in [0.25, 0.3) is 6.08 Å². The van der Waals surface area contributed by atoms with Gasteiger partial charge in [0.1, 0.15) is 4.90 Å². The SMILES string of the molecule is COc1ccc(/C=C2\SC(=O)N(Cc3cccc(Cl)c3)C2=O)cc1OS(=O)(=O)c1ccc(C)cc1. The predicted octanol–water partition coefficient (Wildman–Crippen LogP) is 5.66. The molecule has 0 radical (unpaired) electrons. The molecule has 4 rings (SSSR count). The fourth-order valence-electron chi connectivity index (χ4n) is 3.33. The Morgan fingerprint density at radius 2 is 1.74 bits per heavy atom. The van der Waals surface area contributed by atoms with E-state index in [0.29, 0.717) is 10.6 Å². The third-order valence-corrected chi connectivity index (χ3v) is 7.49. The first kappa shape index (κ1) is 24.8. The molecule has 1 aliphatic heterocycles. The number of halogens is 1. The average molecular weight is 530 g/mol. The van der Waals surface area contributed by atoms with Gasteiger partial charge in [0, 0.05) is 5.02 Å². The molecule has 0 N–H and O–H groups in total. The van der Waals surface area contributed by atoms with Gasteiger partial charge in [-0.25, -0.2) is 0 Å². The summed E-state index contributed by atoms with van der Waals surface area (Å²) in [6, 6.07) is 17.8. The van der Waals surface area contributed by atoms with E-state index in [1.807, 2.05) is 6.92 Å². The molecule has 3 aromatic rings. The van der Waals surface area contributed by atoms with Crippen LogP contribution in [0.5, 0.6) is 11.5 Å². The molecule has 1 aliphatic rings. The molecule has 0 aliphatic carbocycles. The van der Waals surface area contributed by atoms with Crippen molar-refractivity contribution in [3.05, 3.63) is 93.3 Å². The highest BCUT2D eigenvalue weighted by molar-refractivity contribution is 8.18. The quantitative estimate of drug-likeness (QED) is 0.288. The van der Waals surface area contributed by atoms with Crippen molar-refractivity contribution >= 4 is 50.7 Å². The van der Waals surface area contributed by atoms with Crippen LogP contribution in [0.1, 0.15) is 16.7 Å². The Hall–Kier alpha value is -3.27. The van der Waals surface area contributed by atoms with Crippen LogP contribution in [-0.2, 0) is 21.5 Å². The lowest BCUT2D eigenvalue weighted by Crippen LogP contribution is -2.27. The second-order valence-corrected chi connectivity index (χ2v) is 10.6. The van der Waals surface area contributed by atoms with Crippen molar-refractivity contribution in [1.82, 2.24) is 4.90 Å². The Bertz CT molecular complexity index is 1430. The summed E-state index contributed by atoms with van der Waals surface area (Å²) in [6.45, 7) is 1.94. The standard InChI is InChI=1S/C25H20ClNO6S2/c1-16-6-9-20(10-7-16)35(30,31)33-22-13-17(8-11-21(22)32-2)14-23-24(28)27(25(29)34-23)15-18-4-3-5-19(26)12-18/h3-14H,15H2,1-2H3/b23-14-. The van der Waals surface area contributed by atoms with Gasteiger partial charge in [0.05, 0.1) is 18.6 Å². The summed E-state index contributed by atoms with van der Waals surface area (Å²) in [5.41, 5.74) is 2.10. The third-order valence-electron chi connectivity index (χ3n) is 5.10. The number of rotatable bonds is 7. The van der Waals surface area contributed by atoms with Gasteiger partial charge in [-0.15, -0.1) is 0 Å². The molecule has 0 aromatic heterocycles. The van der Waals surface area contributed by atoms with E-state index in [1.54, 1.807) is 42.5 Å². The molecule has 2 amide bonds. The monoisotopic (exact) mass is 529 g/mol. The van der Waals surface area contributed by atoms with E-state index in [9.17, 15) is 18.0 Å². The minimum Gasteiger partial charge on any atom is -0.493 e. The summed E-state index contributed by atoms with van der Waals surface area (Å²) in [4.78, 5) is 26.7. The zero-order chi connectivity index (χ0) is 25.2. The Morgan fingerprint density at radius 3 is 2.43 bits per heavy atom. The van der Waals surface area contributed by atoms with Crippen LogP contribution in [0.2, 0.25) is 5.02 Å². The first-order valence-corrected chi connectivity index (χ1v) is 13.0. The molecule has 0 bridgehead atoms. The molecule has 1 heterocycles. The molecule has 1 fully saturated rings. The minimum atomic E-state index is -4.12. The van der Waals surface area contributed by atoms with Gasteiger partial charge in [-0.05, 0) is 72.3 Å². The normalized spacial score (nSPS) is 15.1. The van der Waals surface area contributed by atoms with Gasteiger partial charge in [0.15, 0.2) is 11.5 Å². The summed E-state index contributed by atoms with van der Waals surface area (Å²) < 4.78 is 36.1. The van der Waals surface area contributed by atoms with Crippen molar-refractivity contribution in [3.8, 4) is 11.5 Å². The summed E-state index contributed by atoms with van der Waals surface area (Å²) in [6.07, 6.45) is 1.51. The van der Waals surface area contributed by atoms with Crippen molar-refractivity contribution in [2.24, 2.45) is 0 Å². The van der Waals surface area contributed by atoms with E-state index in [0.717, 1.165) is 27.8 Å². The zero-order valence-electron chi connectivity index (χ0n) is 18.7.